The molecular formula is C17H20N4O4. The topological polar surface area (TPSA) is 130 Å². The third-order valence-corrected chi connectivity index (χ3v) is 4.28. The molecule has 0 fully saturated rings. The van der Waals surface area contributed by atoms with Crippen molar-refractivity contribution < 1.29 is 9.53 Å². The molecule has 0 saturated heterocycles. The number of fused-ring (bicyclic) bond motifs is 1. The van der Waals surface area contributed by atoms with Gasteiger partial charge in [-0.3, -0.25) is 14.6 Å². The lowest BCUT2D eigenvalue weighted by molar-refractivity contribution is 0.0928. The van der Waals surface area contributed by atoms with E-state index in [1.807, 2.05) is 30.1 Å². The first kappa shape index (κ1) is 16.8. The Kier molecular flexibility index (Phi) is 4.60. The first-order chi connectivity index (χ1) is 12.0. The minimum atomic E-state index is -0.781. The second-order valence-electron chi connectivity index (χ2n) is 5.87. The minimum Gasteiger partial charge on any atom is -0.494 e. The second-order valence-corrected chi connectivity index (χ2v) is 5.87. The van der Waals surface area contributed by atoms with Crippen molar-refractivity contribution in [2.75, 3.05) is 12.3 Å². The number of hydrogen-bond acceptors (Lipinski definition) is 5. The van der Waals surface area contributed by atoms with Gasteiger partial charge in [-0.2, -0.15) is 0 Å². The van der Waals surface area contributed by atoms with Crippen molar-refractivity contribution in [2.24, 2.45) is 0 Å². The predicted molar refractivity (Wildman–Crippen MR) is 92.9 cm³/mol. The summed E-state index contributed by atoms with van der Waals surface area (Å²) >= 11 is 0. The van der Waals surface area contributed by atoms with Crippen molar-refractivity contribution in [1.29, 1.82) is 0 Å². The van der Waals surface area contributed by atoms with Crippen LogP contribution in [0.3, 0.4) is 0 Å². The summed E-state index contributed by atoms with van der Waals surface area (Å²) < 4.78 is 5.67. The molecule has 1 amide bonds. The fourth-order valence-corrected chi connectivity index (χ4v) is 3.16. The number of carbonyl (C=O) groups is 1. The van der Waals surface area contributed by atoms with Crippen molar-refractivity contribution in [2.45, 2.75) is 32.2 Å². The molecule has 8 nitrogen and oxygen atoms in total. The molecule has 0 unspecified atom stereocenters. The number of nitrogen functional groups attached to an aromatic ring is 1. The largest absolute Gasteiger partial charge is 0.494 e. The Morgan fingerprint density at radius 1 is 1.36 bits per heavy atom. The highest BCUT2D eigenvalue weighted by molar-refractivity contribution is 5.97. The first-order valence-corrected chi connectivity index (χ1v) is 8.18. The summed E-state index contributed by atoms with van der Waals surface area (Å²) in [6.07, 6.45) is 2.52. The number of amides is 1. The van der Waals surface area contributed by atoms with E-state index in [2.05, 4.69) is 10.3 Å². The van der Waals surface area contributed by atoms with Gasteiger partial charge in [0.25, 0.3) is 11.5 Å². The number of benzene rings is 1. The van der Waals surface area contributed by atoms with Gasteiger partial charge in [-0.25, -0.2) is 4.79 Å². The van der Waals surface area contributed by atoms with E-state index < -0.39 is 17.2 Å². The van der Waals surface area contributed by atoms with Crippen molar-refractivity contribution in [1.82, 2.24) is 15.3 Å². The van der Waals surface area contributed by atoms with E-state index in [0.717, 1.165) is 36.1 Å². The fourth-order valence-electron chi connectivity index (χ4n) is 3.16. The molecule has 0 bridgehead atoms. The normalized spacial score (nSPS) is 16.1. The third kappa shape index (κ3) is 3.28. The van der Waals surface area contributed by atoms with Crippen LogP contribution in [0.1, 0.15) is 47.4 Å². The van der Waals surface area contributed by atoms with Gasteiger partial charge in [0.1, 0.15) is 17.1 Å². The average molecular weight is 344 g/mol. The number of rotatable bonds is 4. The summed E-state index contributed by atoms with van der Waals surface area (Å²) in [5.74, 6) is 0.239. The number of nitrogens with one attached hydrogen (secondary N) is 3. The molecule has 5 N–H and O–H groups in total. The van der Waals surface area contributed by atoms with Gasteiger partial charge in [-0.15, -0.1) is 0 Å². The summed E-state index contributed by atoms with van der Waals surface area (Å²) in [5.41, 5.74) is 5.60. The Labute approximate surface area is 143 Å². The van der Waals surface area contributed by atoms with Gasteiger partial charge in [0.05, 0.1) is 12.6 Å². The van der Waals surface area contributed by atoms with Crippen molar-refractivity contribution in [3.8, 4) is 5.75 Å². The van der Waals surface area contributed by atoms with Crippen LogP contribution >= 0.6 is 0 Å². The zero-order chi connectivity index (χ0) is 18.0. The fraction of sp³-hybridized carbons (Fsp3) is 0.353. The smallest absolute Gasteiger partial charge is 0.326 e. The Balaban J connectivity index is 1.91. The van der Waals surface area contributed by atoms with Crippen LogP contribution in [-0.4, -0.2) is 22.5 Å². The van der Waals surface area contributed by atoms with E-state index in [1.54, 1.807) is 0 Å². The zero-order valence-electron chi connectivity index (χ0n) is 13.8. The molecule has 0 spiro atoms. The molecule has 1 aliphatic rings. The number of aromatic amines is 2. The van der Waals surface area contributed by atoms with Crippen LogP contribution < -0.4 is 27.0 Å². The molecule has 8 heteroatoms. The van der Waals surface area contributed by atoms with E-state index in [4.69, 9.17) is 10.5 Å². The van der Waals surface area contributed by atoms with Crippen LogP contribution in [0.2, 0.25) is 0 Å². The number of anilines is 1. The summed E-state index contributed by atoms with van der Waals surface area (Å²) in [6.45, 7) is 2.49. The third-order valence-electron chi connectivity index (χ3n) is 4.28. The molecular weight excluding hydrogens is 324 g/mol. The van der Waals surface area contributed by atoms with Crippen LogP contribution in [0, 0.1) is 0 Å². The number of hydrogen-bond donors (Lipinski definition) is 4. The van der Waals surface area contributed by atoms with Crippen LogP contribution in [0.25, 0.3) is 0 Å². The Bertz CT molecular complexity index is 916. The minimum absolute atomic E-state index is 0.221. The second kappa shape index (κ2) is 6.84. The SMILES string of the molecule is CCOc1cccc2c1CCC[C@@H]2NC(=O)c1[nH]c(=O)[nH]c(=O)c1N. The highest BCUT2D eigenvalue weighted by Gasteiger charge is 2.26. The predicted octanol–water partition coefficient (Wildman–Crippen LogP) is 0.852. The summed E-state index contributed by atoms with van der Waals surface area (Å²) in [4.78, 5) is 39.8. The van der Waals surface area contributed by atoms with Crippen molar-refractivity contribution in [3.63, 3.8) is 0 Å². The van der Waals surface area contributed by atoms with Crippen LogP contribution in [0.5, 0.6) is 5.75 Å². The molecule has 25 heavy (non-hydrogen) atoms. The lowest BCUT2D eigenvalue weighted by Crippen LogP contribution is -2.36. The molecule has 1 atom stereocenters. The molecule has 0 aliphatic heterocycles. The van der Waals surface area contributed by atoms with E-state index in [9.17, 15) is 14.4 Å². The molecule has 2 aromatic rings. The molecule has 1 aromatic carbocycles. The van der Waals surface area contributed by atoms with E-state index in [-0.39, 0.29) is 17.4 Å². The van der Waals surface area contributed by atoms with E-state index in [1.165, 1.54) is 0 Å². The number of H-pyrrole nitrogens is 2. The lowest BCUT2D eigenvalue weighted by Gasteiger charge is -2.28. The number of carbonyl (C=O) groups excluding carboxylic acids is 1. The molecule has 132 valence electrons. The van der Waals surface area contributed by atoms with Gasteiger partial charge in [-0.05, 0) is 43.4 Å². The molecule has 1 aromatic heterocycles. The quantitative estimate of drug-likeness (QED) is 0.653. The highest BCUT2D eigenvalue weighted by Crippen LogP contribution is 2.35. The summed E-state index contributed by atoms with van der Waals surface area (Å²) in [7, 11) is 0. The van der Waals surface area contributed by atoms with Crippen molar-refractivity contribution >= 4 is 11.6 Å². The van der Waals surface area contributed by atoms with Gasteiger partial charge in [0.15, 0.2) is 0 Å². The monoisotopic (exact) mass is 344 g/mol. The Morgan fingerprint density at radius 2 is 2.16 bits per heavy atom. The van der Waals surface area contributed by atoms with Gasteiger partial charge >= 0.3 is 5.69 Å². The van der Waals surface area contributed by atoms with Crippen LogP contribution in [0.4, 0.5) is 5.69 Å². The average Bonchev–Trinajstić information content (AvgIpc) is 2.59. The first-order valence-electron chi connectivity index (χ1n) is 8.18. The molecule has 0 radical (unpaired) electrons. The Hall–Kier alpha value is -3.03. The molecule has 1 heterocycles. The van der Waals surface area contributed by atoms with E-state index >= 15 is 0 Å². The zero-order valence-corrected chi connectivity index (χ0v) is 13.8. The van der Waals surface area contributed by atoms with Gasteiger partial charge in [0.2, 0.25) is 0 Å². The summed E-state index contributed by atoms with van der Waals surface area (Å²) in [5, 5.41) is 2.86. The van der Waals surface area contributed by atoms with E-state index in [0.29, 0.717) is 6.61 Å². The summed E-state index contributed by atoms with van der Waals surface area (Å²) in [6, 6.07) is 5.52. The maximum Gasteiger partial charge on any atom is 0.326 e. The molecule has 0 saturated carbocycles. The highest BCUT2D eigenvalue weighted by atomic mass is 16.5. The molecule has 1 aliphatic carbocycles. The van der Waals surface area contributed by atoms with Gasteiger partial charge < -0.3 is 20.8 Å². The van der Waals surface area contributed by atoms with Crippen molar-refractivity contribution in [3.05, 3.63) is 55.9 Å². The van der Waals surface area contributed by atoms with Gasteiger partial charge in [-0.1, -0.05) is 12.1 Å². The standard InChI is InChI=1S/C17H20N4O4/c1-2-25-12-8-4-5-9-10(12)6-3-7-11(9)19-16(23)14-13(18)15(22)21-17(24)20-14/h4-5,8,11H,2-3,6-7,18H2,1H3,(H,19,23)(H2,20,21,22,24)/t11-/m0/s1. The Morgan fingerprint density at radius 3 is 2.92 bits per heavy atom. The van der Waals surface area contributed by atoms with Crippen LogP contribution in [-0.2, 0) is 6.42 Å². The number of aromatic nitrogens is 2. The maximum absolute atomic E-state index is 12.5. The maximum atomic E-state index is 12.5. The lowest BCUT2D eigenvalue weighted by atomic mass is 9.87. The number of nitrogens with two attached hydrogens (primary N) is 1. The molecule has 3 rings (SSSR count). The van der Waals surface area contributed by atoms with Gasteiger partial charge in [0, 0.05) is 0 Å². The van der Waals surface area contributed by atoms with Crippen LogP contribution in [0.15, 0.2) is 27.8 Å². The number of ether oxygens (including phenoxy) is 1.